The van der Waals surface area contributed by atoms with Crippen molar-refractivity contribution < 1.29 is 4.79 Å². The zero-order valence-electron chi connectivity index (χ0n) is 19.7. The molecule has 1 unspecified atom stereocenters. The van der Waals surface area contributed by atoms with Gasteiger partial charge in [-0.1, -0.05) is 83.5 Å². The minimum Gasteiger partial charge on any atom is -0.325 e. The van der Waals surface area contributed by atoms with Crippen LogP contribution in [0.2, 0.25) is 5.02 Å². The number of nitrogens with zero attached hydrogens (tertiary/aromatic N) is 3. The number of anilines is 1. The van der Waals surface area contributed by atoms with Gasteiger partial charge in [0.15, 0.2) is 11.0 Å². The van der Waals surface area contributed by atoms with Crippen molar-refractivity contribution in [1.29, 1.82) is 0 Å². The summed E-state index contributed by atoms with van der Waals surface area (Å²) in [4.78, 5) is 13.1. The Bertz CT molecular complexity index is 1300. The normalized spacial score (nSPS) is 11.9. The summed E-state index contributed by atoms with van der Waals surface area (Å²) in [6, 6.07) is 21.9. The Hall–Kier alpha value is -3.09. The van der Waals surface area contributed by atoms with Gasteiger partial charge in [0.25, 0.3) is 0 Å². The van der Waals surface area contributed by atoms with E-state index in [9.17, 15) is 4.79 Å². The minimum atomic E-state index is -0.377. The summed E-state index contributed by atoms with van der Waals surface area (Å²) in [5, 5.41) is 12.9. The number of carbonyl (C=O) groups is 1. The molecule has 0 spiro atoms. The number of nitrogens with one attached hydrogen (secondary N) is 1. The van der Waals surface area contributed by atoms with Crippen molar-refractivity contribution in [2.75, 3.05) is 5.32 Å². The molecule has 1 atom stereocenters. The molecule has 0 saturated heterocycles. The lowest BCUT2D eigenvalue weighted by atomic mass is 10.1. The number of benzene rings is 3. The molecule has 0 aliphatic carbocycles. The van der Waals surface area contributed by atoms with Crippen LogP contribution in [-0.2, 0) is 11.3 Å². The van der Waals surface area contributed by atoms with Crippen molar-refractivity contribution in [3.8, 4) is 11.4 Å². The first-order valence-corrected chi connectivity index (χ1v) is 12.4. The van der Waals surface area contributed by atoms with Gasteiger partial charge in [0.2, 0.25) is 5.91 Å². The highest BCUT2D eigenvalue weighted by Gasteiger charge is 2.23. The van der Waals surface area contributed by atoms with Gasteiger partial charge in [0.05, 0.1) is 16.8 Å². The third kappa shape index (κ3) is 5.34. The second-order valence-corrected chi connectivity index (χ2v) is 10.1. The van der Waals surface area contributed by atoms with Crippen LogP contribution in [0.1, 0.15) is 29.2 Å². The summed E-state index contributed by atoms with van der Waals surface area (Å²) in [6.45, 7) is 8.54. The van der Waals surface area contributed by atoms with Crippen LogP contribution in [0, 0.1) is 20.8 Å². The minimum absolute atomic E-state index is 0.0754. The first-order chi connectivity index (χ1) is 16.3. The summed E-state index contributed by atoms with van der Waals surface area (Å²) >= 11 is 7.87. The molecule has 0 fully saturated rings. The molecule has 0 saturated carbocycles. The largest absolute Gasteiger partial charge is 0.325 e. The van der Waals surface area contributed by atoms with Gasteiger partial charge in [-0.05, 0) is 56.5 Å². The summed E-state index contributed by atoms with van der Waals surface area (Å²) in [5.74, 6) is 0.600. The highest BCUT2D eigenvalue weighted by atomic mass is 35.5. The summed E-state index contributed by atoms with van der Waals surface area (Å²) in [5.41, 5.74) is 6.07. The number of rotatable bonds is 7. The molecule has 0 radical (unpaired) electrons. The van der Waals surface area contributed by atoms with E-state index in [-0.39, 0.29) is 11.2 Å². The first kappa shape index (κ1) is 24.0. The molecule has 1 N–H and O–H groups in total. The molecule has 0 bridgehead atoms. The Morgan fingerprint density at radius 2 is 1.65 bits per heavy atom. The fraction of sp³-hybridized carbons (Fsp3) is 0.222. The lowest BCUT2D eigenvalue weighted by Crippen LogP contribution is -2.24. The molecule has 1 amide bonds. The molecule has 3 aromatic carbocycles. The van der Waals surface area contributed by atoms with E-state index in [1.165, 1.54) is 17.3 Å². The average molecular weight is 491 g/mol. The van der Waals surface area contributed by atoms with Gasteiger partial charge < -0.3 is 5.32 Å². The van der Waals surface area contributed by atoms with E-state index in [2.05, 4.69) is 46.7 Å². The highest BCUT2D eigenvalue weighted by molar-refractivity contribution is 8.00. The second-order valence-electron chi connectivity index (χ2n) is 8.38. The van der Waals surface area contributed by atoms with Crippen LogP contribution < -0.4 is 5.32 Å². The van der Waals surface area contributed by atoms with Crippen LogP contribution >= 0.6 is 23.4 Å². The lowest BCUT2D eigenvalue weighted by Gasteiger charge is -2.17. The Kier molecular flexibility index (Phi) is 7.39. The van der Waals surface area contributed by atoms with Gasteiger partial charge in [-0.3, -0.25) is 9.36 Å². The van der Waals surface area contributed by atoms with Crippen LogP contribution in [0.5, 0.6) is 0 Å². The van der Waals surface area contributed by atoms with Crippen LogP contribution in [0.3, 0.4) is 0 Å². The number of hydrogen-bond acceptors (Lipinski definition) is 4. The highest BCUT2D eigenvalue weighted by Crippen LogP contribution is 2.32. The smallest absolute Gasteiger partial charge is 0.237 e. The van der Waals surface area contributed by atoms with E-state index in [0.29, 0.717) is 22.5 Å². The van der Waals surface area contributed by atoms with Gasteiger partial charge in [-0.25, -0.2) is 0 Å². The van der Waals surface area contributed by atoms with Crippen LogP contribution in [0.25, 0.3) is 11.4 Å². The molecular formula is C27H27ClN4OS. The fourth-order valence-electron chi connectivity index (χ4n) is 3.94. The third-order valence-electron chi connectivity index (χ3n) is 5.59. The van der Waals surface area contributed by atoms with Crippen LogP contribution in [-0.4, -0.2) is 25.9 Å². The second kappa shape index (κ2) is 10.5. The van der Waals surface area contributed by atoms with Crippen molar-refractivity contribution in [3.05, 3.63) is 94.0 Å². The van der Waals surface area contributed by atoms with Crippen molar-refractivity contribution >= 4 is 35.0 Å². The molecule has 4 aromatic rings. The number of amides is 1. The van der Waals surface area contributed by atoms with Crippen LogP contribution in [0.4, 0.5) is 5.69 Å². The zero-order valence-corrected chi connectivity index (χ0v) is 21.2. The summed E-state index contributed by atoms with van der Waals surface area (Å²) in [6.07, 6.45) is 0. The van der Waals surface area contributed by atoms with E-state index in [0.717, 1.165) is 27.9 Å². The lowest BCUT2D eigenvalue weighted by molar-refractivity contribution is -0.115. The van der Waals surface area contributed by atoms with Gasteiger partial charge in [-0.15, -0.1) is 10.2 Å². The van der Waals surface area contributed by atoms with Gasteiger partial charge in [0, 0.05) is 11.3 Å². The summed E-state index contributed by atoms with van der Waals surface area (Å²) < 4.78 is 2.02. The Morgan fingerprint density at radius 3 is 2.32 bits per heavy atom. The molecule has 4 rings (SSSR count). The molecule has 1 heterocycles. The van der Waals surface area contributed by atoms with E-state index in [1.807, 2.05) is 67.8 Å². The summed E-state index contributed by atoms with van der Waals surface area (Å²) in [7, 11) is 0. The van der Waals surface area contributed by atoms with Crippen molar-refractivity contribution in [2.45, 2.75) is 44.6 Å². The Morgan fingerprint density at radius 1 is 1.00 bits per heavy atom. The number of thioether (sulfide) groups is 1. The quantitative estimate of drug-likeness (QED) is 0.293. The molecule has 0 aliphatic heterocycles. The Balaban J connectivity index is 1.62. The first-order valence-electron chi connectivity index (χ1n) is 11.1. The van der Waals surface area contributed by atoms with Crippen molar-refractivity contribution in [3.63, 3.8) is 0 Å². The van der Waals surface area contributed by atoms with Gasteiger partial charge in [0.1, 0.15) is 0 Å². The number of carbonyl (C=O) groups excluding carboxylic acids is 1. The van der Waals surface area contributed by atoms with Gasteiger partial charge >= 0.3 is 0 Å². The van der Waals surface area contributed by atoms with Crippen molar-refractivity contribution in [2.24, 2.45) is 0 Å². The van der Waals surface area contributed by atoms with E-state index in [1.54, 1.807) is 0 Å². The fourth-order valence-corrected chi connectivity index (χ4v) is 5.01. The van der Waals surface area contributed by atoms with Gasteiger partial charge in [-0.2, -0.15) is 0 Å². The molecule has 5 nitrogen and oxygen atoms in total. The predicted octanol–water partition coefficient (Wildman–Crippen LogP) is 6.69. The SMILES string of the molecule is Cc1cc(C)c(NC(=O)C(C)Sc2nnc(-c3ccccc3Cl)n2Cc2ccccc2)c(C)c1. The molecular weight excluding hydrogens is 464 g/mol. The van der Waals surface area contributed by atoms with Crippen LogP contribution in [0.15, 0.2) is 71.9 Å². The standard InChI is InChI=1S/C27H27ClN4OS/c1-17-14-18(2)24(19(3)15-17)29-26(33)20(4)34-27-31-30-25(22-12-8-9-13-23(22)28)32(27)16-21-10-6-5-7-11-21/h5-15,20H,16H2,1-4H3,(H,29,33). The maximum atomic E-state index is 13.1. The zero-order chi connectivity index (χ0) is 24.2. The maximum absolute atomic E-state index is 13.1. The molecule has 1 aromatic heterocycles. The number of aryl methyl sites for hydroxylation is 3. The topological polar surface area (TPSA) is 59.8 Å². The number of hydrogen-bond donors (Lipinski definition) is 1. The molecule has 7 heteroatoms. The van der Waals surface area contributed by atoms with Crippen molar-refractivity contribution in [1.82, 2.24) is 14.8 Å². The molecule has 0 aliphatic rings. The Labute approximate surface area is 209 Å². The van der Waals surface area contributed by atoms with E-state index in [4.69, 9.17) is 11.6 Å². The average Bonchev–Trinajstić information content (AvgIpc) is 3.18. The third-order valence-corrected chi connectivity index (χ3v) is 7.00. The molecule has 34 heavy (non-hydrogen) atoms. The number of halogens is 1. The monoisotopic (exact) mass is 490 g/mol. The molecule has 174 valence electrons. The number of aromatic nitrogens is 3. The van der Waals surface area contributed by atoms with E-state index >= 15 is 0 Å². The maximum Gasteiger partial charge on any atom is 0.237 e. The predicted molar refractivity (Wildman–Crippen MR) is 141 cm³/mol. The van der Waals surface area contributed by atoms with E-state index < -0.39 is 0 Å².